The molecule has 2 N–H and O–H groups in total. The fraction of sp³-hybridized carbons (Fsp3) is 0.571. The Balaban J connectivity index is 1.81. The molecule has 1 aliphatic heterocycles. The molecule has 116 valence electrons. The van der Waals surface area contributed by atoms with E-state index in [1.807, 2.05) is 12.1 Å². The van der Waals surface area contributed by atoms with Crippen LogP contribution in [0.5, 0.6) is 0 Å². The Morgan fingerprint density at radius 3 is 2.62 bits per heavy atom. The van der Waals surface area contributed by atoms with Gasteiger partial charge in [0.05, 0.1) is 3.79 Å². The number of rotatable bonds is 6. The Hall–Kier alpha value is -0.530. The van der Waals surface area contributed by atoms with Crippen LogP contribution in [0.2, 0.25) is 0 Å². The SMILES string of the molecule is O=C(CCCc1ccc(Br)s1)NC1(C(=O)O)CCSCC1. The number of hydrogen-bond donors (Lipinski definition) is 2. The molecule has 1 aliphatic rings. The number of thioether (sulfide) groups is 1. The highest BCUT2D eigenvalue weighted by atomic mass is 79.9. The topological polar surface area (TPSA) is 66.4 Å². The summed E-state index contributed by atoms with van der Waals surface area (Å²) in [7, 11) is 0. The summed E-state index contributed by atoms with van der Waals surface area (Å²) in [5, 5.41) is 12.2. The summed E-state index contributed by atoms with van der Waals surface area (Å²) in [5.74, 6) is 0.518. The van der Waals surface area contributed by atoms with E-state index in [0.717, 1.165) is 28.1 Å². The molecule has 1 aromatic heterocycles. The molecule has 1 aromatic rings. The van der Waals surface area contributed by atoms with Crippen molar-refractivity contribution in [1.82, 2.24) is 5.32 Å². The van der Waals surface area contributed by atoms with Crippen LogP contribution in [0.4, 0.5) is 0 Å². The zero-order valence-corrected chi connectivity index (χ0v) is 14.8. The molecule has 2 heterocycles. The second kappa shape index (κ2) is 7.65. The van der Waals surface area contributed by atoms with Gasteiger partial charge in [-0.05, 0) is 65.3 Å². The quantitative estimate of drug-likeness (QED) is 0.780. The van der Waals surface area contributed by atoms with Crippen LogP contribution in [-0.4, -0.2) is 34.0 Å². The largest absolute Gasteiger partial charge is 0.480 e. The number of carbonyl (C=O) groups is 2. The Bertz CT molecular complexity index is 512. The van der Waals surface area contributed by atoms with Gasteiger partial charge < -0.3 is 10.4 Å². The van der Waals surface area contributed by atoms with Gasteiger partial charge >= 0.3 is 5.97 Å². The first-order valence-corrected chi connectivity index (χ1v) is 9.65. The number of hydrogen-bond acceptors (Lipinski definition) is 4. The van der Waals surface area contributed by atoms with Crippen molar-refractivity contribution in [2.75, 3.05) is 11.5 Å². The van der Waals surface area contributed by atoms with Crippen molar-refractivity contribution in [2.24, 2.45) is 0 Å². The van der Waals surface area contributed by atoms with E-state index in [0.29, 0.717) is 19.3 Å². The van der Waals surface area contributed by atoms with Crippen LogP contribution in [0.3, 0.4) is 0 Å². The van der Waals surface area contributed by atoms with Crippen molar-refractivity contribution in [3.05, 3.63) is 20.8 Å². The van der Waals surface area contributed by atoms with Crippen LogP contribution in [-0.2, 0) is 16.0 Å². The molecule has 0 unspecified atom stereocenters. The Morgan fingerprint density at radius 1 is 1.33 bits per heavy atom. The van der Waals surface area contributed by atoms with E-state index < -0.39 is 11.5 Å². The van der Waals surface area contributed by atoms with Gasteiger partial charge in [-0.25, -0.2) is 4.79 Å². The average molecular weight is 392 g/mol. The number of thiophene rings is 1. The van der Waals surface area contributed by atoms with Crippen molar-refractivity contribution in [3.63, 3.8) is 0 Å². The number of aryl methyl sites for hydroxylation is 1. The van der Waals surface area contributed by atoms with Crippen molar-refractivity contribution >= 4 is 50.9 Å². The molecular formula is C14H18BrNO3S2. The fourth-order valence-corrected chi connectivity index (χ4v) is 5.07. The standard InChI is InChI=1S/C14H18BrNO3S2/c15-11-5-4-10(21-11)2-1-3-12(17)16-14(13(18)19)6-8-20-9-7-14/h4-5H,1-3,6-9H2,(H,16,17)(H,18,19). The van der Waals surface area contributed by atoms with E-state index in [4.69, 9.17) is 0 Å². The van der Waals surface area contributed by atoms with Crippen molar-refractivity contribution < 1.29 is 14.7 Å². The third-order valence-electron chi connectivity index (χ3n) is 3.59. The molecule has 0 aliphatic carbocycles. The van der Waals surface area contributed by atoms with Gasteiger partial charge in [-0.2, -0.15) is 11.8 Å². The van der Waals surface area contributed by atoms with Crippen molar-refractivity contribution in [3.8, 4) is 0 Å². The molecule has 0 bridgehead atoms. The van der Waals surface area contributed by atoms with Crippen LogP contribution in [0.25, 0.3) is 0 Å². The lowest BCUT2D eigenvalue weighted by atomic mass is 9.92. The maximum Gasteiger partial charge on any atom is 0.329 e. The zero-order chi connectivity index (χ0) is 15.3. The Labute approximate surface area is 140 Å². The van der Waals surface area contributed by atoms with Crippen molar-refractivity contribution in [1.29, 1.82) is 0 Å². The molecular weight excluding hydrogens is 374 g/mol. The first-order valence-electron chi connectivity index (χ1n) is 6.88. The van der Waals surface area contributed by atoms with Gasteiger partial charge in [-0.15, -0.1) is 11.3 Å². The lowest BCUT2D eigenvalue weighted by molar-refractivity contribution is -0.148. The van der Waals surface area contributed by atoms with Crippen LogP contribution in [0.1, 0.15) is 30.6 Å². The molecule has 1 amide bonds. The Kier molecular flexibility index (Phi) is 6.13. The molecule has 2 rings (SSSR count). The summed E-state index contributed by atoms with van der Waals surface area (Å²) in [6.07, 6.45) is 2.98. The third kappa shape index (κ3) is 4.72. The van der Waals surface area contributed by atoms with Gasteiger partial charge in [0, 0.05) is 11.3 Å². The molecule has 0 radical (unpaired) electrons. The maximum atomic E-state index is 12.0. The van der Waals surface area contributed by atoms with Gasteiger partial charge in [0.15, 0.2) is 0 Å². The van der Waals surface area contributed by atoms with Gasteiger partial charge in [-0.3, -0.25) is 4.79 Å². The van der Waals surface area contributed by atoms with E-state index in [1.54, 1.807) is 23.1 Å². The van der Waals surface area contributed by atoms with Crippen LogP contribution in [0, 0.1) is 0 Å². The minimum Gasteiger partial charge on any atom is -0.480 e. The number of aliphatic carboxylic acids is 1. The number of carboxylic acid groups (broad SMARTS) is 1. The fourth-order valence-electron chi connectivity index (χ4n) is 2.35. The predicted molar refractivity (Wildman–Crippen MR) is 90.0 cm³/mol. The molecule has 0 saturated carbocycles. The molecule has 0 atom stereocenters. The lowest BCUT2D eigenvalue weighted by Gasteiger charge is -2.33. The van der Waals surface area contributed by atoms with Gasteiger partial charge in [-0.1, -0.05) is 0 Å². The van der Waals surface area contributed by atoms with E-state index in [9.17, 15) is 14.7 Å². The van der Waals surface area contributed by atoms with E-state index in [2.05, 4.69) is 21.2 Å². The molecule has 0 spiro atoms. The molecule has 4 nitrogen and oxygen atoms in total. The van der Waals surface area contributed by atoms with Gasteiger partial charge in [0.25, 0.3) is 0 Å². The van der Waals surface area contributed by atoms with Gasteiger partial charge in [0.2, 0.25) is 5.91 Å². The first-order chi connectivity index (χ1) is 10.0. The average Bonchev–Trinajstić information content (AvgIpc) is 2.85. The lowest BCUT2D eigenvalue weighted by Crippen LogP contribution is -2.56. The highest BCUT2D eigenvalue weighted by Crippen LogP contribution is 2.28. The summed E-state index contributed by atoms with van der Waals surface area (Å²) >= 11 is 6.82. The molecule has 0 aromatic carbocycles. The van der Waals surface area contributed by atoms with E-state index in [1.165, 1.54) is 4.88 Å². The summed E-state index contributed by atoms with van der Waals surface area (Å²) < 4.78 is 1.09. The minimum absolute atomic E-state index is 0.153. The Morgan fingerprint density at radius 2 is 2.05 bits per heavy atom. The number of carboxylic acids is 1. The summed E-state index contributed by atoms with van der Waals surface area (Å²) in [6.45, 7) is 0. The summed E-state index contributed by atoms with van der Waals surface area (Å²) in [4.78, 5) is 24.7. The summed E-state index contributed by atoms with van der Waals surface area (Å²) in [6, 6.07) is 4.04. The normalized spacial score (nSPS) is 17.4. The highest BCUT2D eigenvalue weighted by molar-refractivity contribution is 9.11. The van der Waals surface area contributed by atoms with Crippen LogP contribution in [0.15, 0.2) is 15.9 Å². The zero-order valence-electron chi connectivity index (χ0n) is 11.6. The first kappa shape index (κ1) is 16.8. The van der Waals surface area contributed by atoms with Crippen molar-refractivity contribution in [2.45, 2.75) is 37.6 Å². The number of carbonyl (C=O) groups excluding carboxylic acids is 1. The van der Waals surface area contributed by atoms with Crippen LogP contribution < -0.4 is 5.32 Å². The molecule has 1 saturated heterocycles. The molecule has 7 heteroatoms. The van der Waals surface area contributed by atoms with E-state index in [-0.39, 0.29) is 5.91 Å². The number of amides is 1. The summed E-state index contributed by atoms with van der Waals surface area (Å²) in [5.41, 5.74) is -1.05. The highest BCUT2D eigenvalue weighted by Gasteiger charge is 2.40. The minimum atomic E-state index is -1.05. The third-order valence-corrected chi connectivity index (χ3v) is 6.26. The van der Waals surface area contributed by atoms with Crippen LogP contribution >= 0.6 is 39.0 Å². The van der Waals surface area contributed by atoms with E-state index >= 15 is 0 Å². The second-order valence-electron chi connectivity index (χ2n) is 5.11. The predicted octanol–water partition coefficient (Wildman–Crippen LogP) is 3.30. The molecule has 1 fully saturated rings. The monoisotopic (exact) mass is 391 g/mol. The molecule has 21 heavy (non-hydrogen) atoms. The maximum absolute atomic E-state index is 12.0. The smallest absolute Gasteiger partial charge is 0.329 e. The second-order valence-corrected chi connectivity index (χ2v) is 8.88. The van der Waals surface area contributed by atoms with Gasteiger partial charge in [0.1, 0.15) is 5.54 Å². The number of nitrogens with one attached hydrogen (secondary N) is 1. The number of halogens is 1.